The van der Waals surface area contributed by atoms with Gasteiger partial charge in [0.15, 0.2) is 0 Å². The van der Waals surface area contributed by atoms with E-state index >= 15 is 0 Å². The van der Waals surface area contributed by atoms with E-state index in [9.17, 15) is 8.42 Å². The van der Waals surface area contributed by atoms with Crippen LogP contribution >= 0.6 is 0 Å². The van der Waals surface area contributed by atoms with E-state index in [2.05, 4.69) is 0 Å². The topological polar surface area (TPSA) is 61.2 Å². The molecule has 1 aromatic carbocycles. The lowest BCUT2D eigenvalue weighted by atomic mass is 10.1. The summed E-state index contributed by atoms with van der Waals surface area (Å²) < 4.78 is 26.8. The second kappa shape index (κ2) is 6.38. The van der Waals surface area contributed by atoms with Crippen LogP contribution in [0.5, 0.6) is 0 Å². The van der Waals surface area contributed by atoms with E-state index < -0.39 is 10.0 Å². The monoisotopic (exact) mass is 292 g/mol. The molecule has 0 bridgehead atoms. The number of benzene rings is 1. The van der Waals surface area contributed by atoms with Crippen molar-refractivity contribution in [1.29, 1.82) is 5.26 Å². The minimum atomic E-state index is -3.51. The summed E-state index contributed by atoms with van der Waals surface area (Å²) in [7, 11) is -1.85. The molecule has 5 heteroatoms. The molecule has 0 N–H and O–H groups in total. The molecule has 0 heterocycles. The molecule has 0 saturated heterocycles. The van der Waals surface area contributed by atoms with Crippen LogP contribution in [0.1, 0.15) is 44.1 Å². The smallest absolute Gasteiger partial charge is 0.207 e. The Hall–Kier alpha value is -1.38. The van der Waals surface area contributed by atoms with Gasteiger partial charge in [0, 0.05) is 13.1 Å². The van der Waals surface area contributed by atoms with Gasteiger partial charge in [-0.2, -0.15) is 9.57 Å². The highest BCUT2D eigenvalue weighted by Crippen LogP contribution is 2.26. The average Bonchev–Trinajstić information content (AvgIpc) is 2.75. The zero-order valence-electron chi connectivity index (χ0n) is 11.7. The Morgan fingerprint density at radius 1 is 1.20 bits per heavy atom. The van der Waals surface area contributed by atoms with Crippen molar-refractivity contribution in [3.8, 4) is 6.07 Å². The van der Waals surface area contributed by atoms with Crippen LogP contribution in [0.15, 0.2) is 29.2 Å². The zero-order chi connectivity index (χ0) is 14.6. The summed E-state index contributed by atoms with van der Waals surface area (Å²) in [6, 6.07) is 8.30. The predicted molar refractivity (Wildman–Crippen MR) is 77.6 cm³/mol. The maximum atomic E-state index is 12.6. The van der Waals surface area contributed by atoms with Crippen LogP contribution in [-0.4, -0.2) is 25.8 Å². The second-order valence-electron chi connectivity index (χ2n) is 5.31. The van der Waals surface area contributed by atoms with Crippen molar-refractivity contribution in [2.45, 2.75) is 49.5 Å². The fourth-order valence-electron chi connectivity index (χ4n) is 2.71. The Labute approximate surface area is 121 Å². The average molecular weight is 292 g/mol. The first kappa shape index (κ1) is 15.0. The second-order valence-corrected chi connectivity index (χ2v) is 7.30. The molecule has 1 saturated carbocycles. The van der Waals surface area contributed by atoms with E-state index in [4.69, 9.17) is 5.26 Å². The maximum Gasteiger partial charge on any atom is 0.243 e. The van der Waals surface area contributed by atoms with Gasteiger partial charge in [0.05, 0.1) is 16.5 Å². The van der Waals surface area contributed by atoms with E-state index in [-0.39, 0.29) is 10.9 Å². The van der Waals surface area contributed by atoms with E-state index in [0.717, 1.165) is 25.7 Å². The standard InChI is InChI=1S/C15H20N2O2S/c1-17(14-8-4-2-3-5-9-14)20(18,19)15-10-6-7-13(11-15)12-16/h6-7,10-11,14H,2-5,8-9H2,1H3. The molecule has 1 aliphatic carbocycles. The fourth-order valence-corrected chi connectivity index (χ4v) is 4.17. The highest BCUT2D eigenvalue weighted by atomic mass is 32.2. The largest absolute Gasteiger partial charge is 0.243 e. The van der Waals surface area contributed by atoms with Gasteiger partial charge >= 0.3 is 0 Å². The number of nitriles is 1. The number of hydrogen-bond donors (Lipinski definition) is 0. The first-order chi connectivity index (χ1) is 9.55. The number of rotatable bonds is 3. The molecule has 108 valence electrons. The normalized spacial score (nSPS) is 17.6. The van der Waals surface area contributed by atoms with Gasteiger partial charge in [-0.15, -0.1) is 0 Å². The Morgan fingerprint density at radius 2 is 1.85 bits per heavy atom. The van der Waals surface area contributed by atoms with Crippen molar-refractivity contribution in [1.82, 2.24) is 4.31 Å². The van der Waals surface area contributed by atoms with Gasteiger partial charge in [0.1, 0.15) is 0 Å². The molecular weight excluding hydrogens is 272 g/mol. The van der Waals surface area contributed by atoms with Crippen LogP contribution in [0.4, 0.5) is 0 Å². The summed E-state index contributed by atoms with van der Waals surface area (Å²) in [5.41, 5.74) is 0.375. The molecule has 2 rings (SSSR count). The Bertz CT molecular complexity index is 597. The van der Waals surface area contributed by atoms with Gasteiger partial charge in [-0.25, -0.2) is 8.42 Å². The molecular formula is C15H20N2O2S. The summed E-state index contributed by atoms with van der Waals surface area (Å²) in [5, 5.41) is 8.89. The minimum Gasteiger partial charge on any atom is -0.207 e. The van der Waals surface area contributed by atoms with Gasteiger partial charge in [-0.1, -0.05) is 31.7 Å². The van der Waals surface area contributed by atoms with Gasteiger partial charge in [-0.05, 0) is 31.0 Å². The summed E-state index contributed by atoms with van der Waals surface area (Å²) >= 11 is 0. The van der Waals surface area contributed by atoms with Crippen molar-refractivity contribution in [3.63, 3.8) is 0 Å². The zero-order valence-corrected chi connectivity index (χ0v) is 12.6. The van der Waals surface area contributed by atoms with E-state index in [1.807, 2.05) is 6.07 Å². The van der Waals surface area contributed by atoms with Crippen LogP contribution in [0.25, 0.3) is 0 Å². The Morgan fingerprint density at radius 3 is 2.45 bits per heavy atom. The quantitative estimate of drug-likeness (QED) is 0.805. The Balaban J connectivity index is 2.26. The molecule has 0 unspecified atom stereocenters. The molecule has 0 aromatic heterocycles. The third-order valence-corrected chi connectivity index (χ3v) is 5.89. The van der Waals surface area contributed by atoms with Crippen molar-refractivity contribution in [3.05, 3.63) is 29.8 Å². The lowest BCUT2D eigenvalue weighted by molar-refractivity contribution is 0.335. The lowest BCUT2D eigenvalue weighted by Crippen LogP contribution is -2.36. The number of nitrogens with zero attached hydrogens (tertiary/aromatic N) is 2. The molecule has 0 amide bonds. The molecule has 0 spiro atoms. The summed E-state index contributed by atoms with van der Waals surface area (Å²) in [4.78, 5) is 0.211. The first-order valence-corrected chi connectivity index (χ1v) is 8.48. The molecule has 1 aromatic rings. The van der Waals surface area contributed by atoms with Gasteiger partial charge < -0.3 is 0 Å². The van der Waals surface area contributed by atoms with Crippen LogP contribution < -0.4 is 0 Å². The van der Waals surface area contributed by atoms with E-state index in [0.29, 0.717) is 5.56 Å². The Kier molecular flexibility index (Phi) is 4.79. The molecule has 0 atom stereocenters. The number of sulfonamides is 1. The van der Waals surface area contributed by atoms with E-state index in [1.54, 1.807) is 25.2 Å². The highest BCUT2D eigenvalue weighted by Gasteiger charge is 2.28. The molecule has 0 aliphatic heterocycles. The van der Waals surface area contributed by atoms with Crippen molar-refractivity contribution >= 4 is 10.0 Å². The maximum absolute atomic E-state index is 12.6. The lowest BCUT2D eigenvalue weighted by Gasteiger charge is -2.26. The van der Waals surface area contributed by atoms with Crippen LogP contribution in [0.2, 0.25) is 0 Å². The third kappa shape index (κ3) is 3.20. The minimum absolute atomic E-state index is 0.0771. The third-order valence-electron chi connectivity index (χ3n) is 3.98. The molecule has 1 aliphatic rings. The molecule has 0 radical (unpaired) electrons. The van der Waals surface area contributed by atoms with Crippen molar-refractivity contribution in [2.75, 3.05) is 7.05 Å². The van der Waals surface area contributed by atoms with E-state index in [1.165, 1.54) is 23.2 Å². The van der Waals surface area contributed by atoms with Crippen LogP contribution in [-0.2, 0) is 10.0 Å². The SMILES string of the molecule is CN(C1CCCCCC1)S(=O)(=O)c1cccc(C#N)c1. The van der Waals surface area contributed by atoms with Gasteiger partial charge in [0.25, 0.3) is 0 Å². The molecule has 20 heavy (non-hydrogen) atoms. The summed E-state index contributed by atoms with van der Waals surface area (Å²) in [5.74, 6) is 0. The van der Waals surface area contributed by atoms with Crippen molar-refractivity contribution < 1.29 is 8.42 Å². The number of hydrogen-bond acceptors (Lipinski definition) is 3. The highest BCUT2D eigenvalue weighted by molar-refractivity contribution is 7.89. The van der Waals surface area contributed by atoms with Gasteiger partial charge in [-0.3, -0.25) is 0 Å². The molecule has 4 nitrogen and oxygen atoms in total. The summed E-state index contributed by atoms with van der Waals surface area (Å²) in [6.45, 7) is 0. The van der Waals surface area contributed by atoms with Crippen molar-refractivity contribution in [2.24, 2.45) is 0 Å². The molecule has 1 fully saturated rings. The fraction of sp³-hybridized carbons (Fsp3) is 0.533. The predicted octanol–water partition coefficient (Wildman–Crippen LogP) is 2.90. The van der Waals surface area contributed by atoms with Crippen LogP contribution in [0.3, 0.4) is 0 Å². The van der Waals surface area contributed by atoms with Crippen LogP contribution in [0, 0.1) is 11.3 Å². The first-order valence-electron chi connectivity index (χ1n) is 7.04. The van der Waals surface area contributed by atoms with Gasteiger partial charge in [0.2, 0.25) is 10.0 Å². The summed E-state index contributed by atoms with van der Waals surface area (Å²) in [6.07, 6.45) is 6.40.